The number of carbonyl (C=O) groups excluding carboxylic acids is 1. The molecule has 1 amide bonds. The largest absolute Gasteiger partial charge is 0.396 e. The van der Waals surface area contributed by atoms with E-state index in [1.165, 1.54) is 6.42 Å². The number of benzene rings is 1. The highest BCUT2D eigenvalue weighted by Gasteiger charge is 2.47. The van der Waals surface area contributed by atoms with Gasteiger partial charge in [0.25, 0.3) is 0 Å². The van der Waals surface area contributed by atoms with Crippen molar-refractivity contribution in [2.24, 2.45) is 17.8 Å². The summed E-state index contributed by atoms with van der Waals surface area (Å²) in [5, 5.41) is 13.2. The van der Waals surface area contributed by atoms with Crippen LogP contribution in [0.25, 0.3) is 0 Å². The third-order valence-corrected chi connectivity index (χ3v) is 5.44. The number of aliphatic hydroxyl groups is 1. The van der Waals surface area contributed by atoms with Crippen molar-refractivity contribution in [3.8, 4) is 0 Å². The Morgan fingerprint density at radius 2 is 2.09 bits per heavy atom. The van der Waals surface area contributed by atoms with Crippen molar-refractivity contribution in [1.29, 1.82) is 0 Å². The molecule has 2 aliphatic rings. The Hall–Kier alpha value is -1.10. The van der Waals surface area contributed by atoms with Crippen LogP contribution in [0.1, 0.15) is 24.8 Å². The Kier molecular flexibility index (Phi) is 5.01. The number of hydrogen-bond donors (Lipinski definition) is 2. The molecule has 1 aromatic carbocycles. The van der Waals surface area contributed by atoms with Crippen LogP contribution in [0.3, 0.4) is 0 Å². The van der Waals surface area contributed by atoms with Gasteiger partial charge in [-0.05, 0) is 42.7 Å². The van der Waals surface area contributed by atoms with Crippen LogP contribution in [-0.2, 0) is 16.1 Å². The van der Waals surface area contributed by atoms with Gasteiger partial charge in [-0.3, -0.25) is 4.79 Å². The van der Waals surface area contributed by atoms with Gasteiger partial charge in [-0.15, -0.1) is 0 Å². The summed E-state index contributed by atoms with van der Waals surface area (Å²) >= 11 is 6.05. The maximum absolute atomic E-state index is 12.1. The first-order valence-electron chi connectivity index (χ1n) is 7.90. The van der Waals surface area contributed by atoms with E-state index in [2.05, 4.69) is 5.32 Å². The van der Waals surface area contributed by atoms with E-state index in [1.807, 2.05) is 18.2 Å². The van der Waals surface area contributed by atoms with Gasteiger partial charge in [-0.2, -0.15) is 0 Å². The van der Waals surface area contributed by atoms with Gasteiger partial charge < -0.3 is 15.2 Å². The molecule has 2 bridgehead atoms. The SMILES string of the molecule is O=C(COCc1ccccc1Cl)NC1C2CCC(C2)C1CO. The number of ether oxygens (including phenoxy) is 1. The lowest BCUT2D eigenvalue weighted by Crippen LogP contribution is -2.46. The van der Waals surface area contributed by atoms with E-state index >= 15 is 0 Å². The molecule has 0 spiro atoms. The van der Waals surface area contributed by atoms with Crippen molar-refractivity contribution in [1.82, 2.24) is 5.32 Å². The van der Waals surface area contributed by atoms with E-state index in [9.17, 15) is 9.90 Å². The maximum atomic E-state index is 12.1. The number of fused-ring (bicyclic) bond motifs is 2. The van der Waals surface area contributed by atoms with E-state index in [0.717, 1.165) is 18.4 Å². The summed E-state index contributed by atoms with van der Waals surface area (Å²) in [4.78, 5) is 12.1. The lowest BCUT2D eigenvalue weighted by molar-refractivity contribution is -0.127. The van der Waals surface area contributed by atoms with E-state index < -0.39 is 0 Å². The van der Waals surface area contributed by atoms with Crippen molar-refractivity contribution in [3.05, 3.63) is 34.9 Å². The summed E-state index contributed by atoms with van der Waals surface area (Å²) in [6.45, 7) is 0.511. The molecule has 2 N–H and O–H groups in total. The predicted octanol–water partition coefficient (Wildman–Crippen LogP) is 2.38. The molecule has 0 saturated heterocycles. The molecule has 0 heterocycles. The summed E-state index contributed by atoms with van der Waals surface area (Å²) in [7, 11) is 0. The topological polar surface area (TPSA) is 58.6 Å². The number of rotatable bonds is 6. The molecular weight excluding hydrogens is 302 g/mol. The highest BCUT2D eigenvalue weighted by atomic mass is 35.5. The second-order valence-electron chi connectivity index (χ2n) is 6.36. The van der Waals surface area contributed by atoms with Crippen LogP contribution < -0.4 is 5.32 Å². The molecule has 4 nitrogen and oxygen atoms in total. The molecular formula is C17H22ClNO3. The van der Waals surface area contributed by atoms with Crippen LogP contribution >= 0.6 is 11.6 Å². The Morgan fingerprint density at radius 3 is 2.86 bits per heavy atom. The minimum Gasteiger partial charge on any atom is -0.396 e. The van der Waals surface area contributed by atoms with Gasteiger partial charge in [0.05, 0.1) is 6.61 Å². The van der Waals surface area contributed by atoms with Crippen molar-refractivity contribution in [2.45, 2.75) is 31.9 Å². The summed E-state index contributed by atoms with van der Waals surface area (Å²) in [6, 6.07) is 7.56. The third kappa shape index (κ3) is 3.29. The Bertz CT molecular complexity index is 536. The molecule has 0 aliphatic heterocycles. The molecule has 0 aromatic heterocycles. The number of halogens is 1. The second-order valence-corrected chi connectivity index (χ2v) is 6.76. The predicted molar refractivity (Wildman–Crippen MR) is 84.4 cm³/mol. The first-order valence-corrected chi connectivity index (χ1v) is 8.28. The fraction of sp³-hybridized carbons (Fsp3) is 0.588. The second kappa shape index (κ2) is 6.99. The van der Waals surface area contributed by atoms with Gasteiger partial charge in [0.15, 0.2) is 0 Å². The zero-order valence-electron chi connectivity index (χ0n) is 12.5. The van der Waals surface area contributed by atoms with Crippen LogP contribution in [0.15, 0.2) is 24.3 Å². The first-order chi connectivity index (χ1) is 10.7. The third-order valence-electron chi connectivity index (χ3n) is 5.08. The number of aliphatic hydroxyl groups excluding tert-OH is 1. The van der Waals surface area contributed by atoms with Gasteiger partial charge in [0.1, 0.15) is 6.61 Å². The van der Waals surface area contributed by atoms with E-state index in [1.54, 1.807) is 6.07 Å². The number of carbonyl (C=O) groups is 1. The highest BCUT2D eigenvalue weighted by molar-refractivity contribution is 6.31. The Balaban J connectivity index is 1.46. The smallest absolute Gasteiger partial charge is 0.246 e. The van der Waals surface area contributed by atoms with Crippen LogP contribution in [0.5, 0.6) is 0 Å². The van der Waals surface area contributed by atoms with Crippen LogP contribution in [0.4, 0.5) is 0 Å². The van der Waals surface area contributed by atoms with Crippen LogP contribution in [0.2, 0.25) is 5.02 Å². The zero-order chi connectivity index (χ0) is 15.5. The Morgan fingerprint density at radius 1 is 1.32 bits per heavy atom. The van der Waals surface area contributed by atoms with Crippen molar-refractivity contribution < 1.29 is 14.6 Å². The molecule has 3 rings (SSSR count). The molecule has 2 aliphatic carbocycles. The van der Waals surface area contributed by atoms with Gasteiger partial charge in [-0.25, -0.2) is 0 Å². The fourth-order valence-corrected chi connectivity index (χ4v) is 4.19. The van der Waals surface area contributed by atoms with Gasteiger partial charge in [0.2, 0.25) is 5.91 Å². The molecule has 1 aromatic rings. The van der Waals surface area contributed by atoms with E-state index in [0.29, 0.717) is 23.5 Å². The monoisotopic (exact) mass is 323 g/mol. The molecule has 120 valence electrons. The molecule has 5 heteroatoms. The maximum Gasteiger partial charge on any atom is 0.246 e. The average molecular weight is 324 g/mol. The molecule has 2 fully saturated rings. The van der Waals surface area contributed by atoms with Crippen molar-refractivity contribution in [2.75, 3.05) is 13.2 Å². The zero-order valence-corrected chi connectivity index (χ0v) is 13.3. The molecule has 0 radical (unpaired) electrons. The molecule has 2 saturated carbocycles. The standard InChI is InChI=1S/C17H22ClNO3/c18-15-4-2-1-3-13(15)9-22-10-16(21)19-17-12-6-5-11(7-12)14(17)8-20/h1-4,11-12,14,17,20H,5-10H2,(H,19,21). The van der Waals surface area contributed by atoms with Gasteiger partial charge in [0, 0.05) is 23.6 Å². The van der Waals surface area contributed by atoms with E-state index in [4.69, 9.17) is 16.3 Å². The lowest BCUT2D eigenvalue weighted by atomic mass is 9.85. The van der Waals surface area contributed by atoms with Crippen molar-refractivity contribution >= 4 is 17.5 Å². The summed E-state index contributed by atoms with van der Waals surface area (Å²) in [5.41, 5.74) is 0.880. The summed E-state index contributed by atoms with van der Waals surface area (Å²) < 4.78 is 5.46. The first kappa shape index (κ1) is 15.8. The lowest BCUT2D eigenvalue weighted by Gasteiger charge is -2.30. The number of nitrogens with one attached hydrogen (secondary N) is 1. The molecule has 4 unspecified atom stereocenters. The number of hydrogen-bond acceptors (Lipinski definition) is 3. The van der Waals surface area contributed by atoms with Crippen molar-refractivity contribution in [3.63, 3.8) is 0 Å². The normalized spacial score (nSPS) is 29.7. The van der Waals surface area contributed by atoms with Gasteiger partial charge >= 0.3 is 0 Å². The quantitative estimate of drug-likeness (QED) is 0.845. The molecule has 22 heavy (non-hydrogen) atoms. The van der Waals surface area contributed by atoms with E-state index in [-0.39, 0.29) is 31.1 Å². The van der Waals surface area contributed by atoms with Gasteiger partial charge in [-0.1, -0.05) is 29.8 Å². The highest BCUT2D eigenvalue weighted by Crippen LogP contribution is 2.48. The average Bonchev–Trinajstić information content (AvgIpc) is 3.10. The summed E-state index contributed by atoms with van der Waals surface area (Å²) in [6.07, 6.45) is 3.48. The van der Waals surface area contributed by atoms with Crippen LogP contribution in [-0.4, -0.2) is 30.3 Å². The molecule has 4 atom stereocenters. The summed E-state index contributed by atoms with van der Waals surface area (Å²) in [5.74, 6) is 1.20. The Labute approximate surface area is 135 Å². The fourth-order valence-electron chi connectivity index (χ4n) is 3.99. The van der Waals surface area contributed by atoms with Crippen LogP contribution in [0, 0.1) is 17.8 Å². The minimum atomic E-state index is -0.108. The minimum absolute atomic E-state index is 0.0251. The number of amides is 1.